The van der Waals surface area contributed by atoms with Crippen LogP contribution in [0.4, 0.5) is 0 Å². The van der Waals surface area contributed by atoms with Gasteiger partial charge in [0.25, 0.3) is 5.91 Å². The highest BCUT2D eigenvalue weighted by atomic mass is 16.4. The van der Waals surface area contributed by atoms with E-state index in [2.05, 4.69) is 10.6 Å². The smallest absolute Gasteiger partial charge is 0.326 e. The van der Waals surface area contributed by atoms with Crippen molar-refractivity contribution in [2.75, 3.05) is 19.6 Å². The number of nitrogens with one attached hydrogen (secondary N) is 2. The lowest BCUT2D eigenvalue weighted by Crippen LogP contribution is -2.44. The highest BCUT2D eigenvalue weighted by Gasteiger charge is 2.24. The fraction of sp³-hybridized carbons (Fsp3) is 0.625. The molecule has 1 rings (SSSR count). The number of nitriles is 1. The van der Waals surface area contributed by atoms with Crippen LogP contribution in [-0.4, -0.2) is 53.5 Å². The molecule has 2 amide bonds. The third-order valence-corrected chi connectivity index (χ3v) is 3.75. The third-order valence-electron chi connectivity index (χ3n) is 3.75. The van der Waals surface area contributed by atoms with Gasteiger partial charge in [-0.05, 0) is 18.8 Å². The quantitative estimate of drug-likeness (QED) is 0.314. The first-order valence-corrected chi connectivity index (χ1v) is 8.02. The second kappa shape index (κ2) is 9.55. The van der Waals surface area contributed by atoms with E-state index in [4.69, 9.17) is 10.4 Å². The van der Waals surface area contributed by atoms with Gasteiger partial charge in [0.2, 0.25) is 5.91 Å². The molecule has 8 heteroatoms. The van der Waals surface area contributed by atoms with E-state index in [1.165, 1.54) is 6.20 Å². The molecule has 1 fully saturated rings. The van der Waals surface area contributed by atoms with E-state index in [1.807, 2.05) is 0 Å². The van der Waals surface area contributed by atoms with Crippen molar-refractivity contribution in [1.82, 2.24) is 15.5 Å². The maximum absolute atomic E-state index is 12.0. The van der Waals surface area contributed by atoms with E-state index in [-0.39, 0.29) is 17.4 Å². The van der Waals surface area contributed by atoms with Crippen LogP contribution in [0, 0.1) is 17.2 Å². The maximum atomic E-state index is 12.0. The Kier molecular flexibility index (Phi) is 7.75. The third kappa shape index (κ3) is 5.91. The molecule has 1 atom stereocenters. The Bertz CT molecular complexity index is 551. The zero-order valence-electron chi connectivity index (χ0n) is 14.0. The Labute approximate surface area is 141 Å². The molecule has 0 aromatic carbocycles. The van der Waals surface area contributed by atoms with E-state index in [1.54, 1.807) is 24.8 Å². The number of amides is 2. The minimum Gasteiger partial charge on any atom is -0.480 e. The predicted molar refractivity (Wildman–Crippen MR) is 86.5 cm³/mol. The largest absolute Gasteiger partial charge is 0.480 e. The molecule has 0 radical (unpaired) electrons. The van der Waals surface area contributed by atoms with E-state index in [0.29, 0.717) is 25.9 Å². The lowest BCUT2D eigenvalue weighted by molar-refractivity contribution is -0.142. The molecule has 0 saturated carbocycles. The van der Waals surface area contributed by atoms with Gasteiger partial charge >= 0.3 is 5.97 Å². The van der Waals surface area contributed by atoms with Gasteiger partial charge in [0, 0.05) is 32.3 Å². The molecule has 3 N–H and O–H groups in total. The average Bonchev–Trinajstić information content (AvgIpc) is 2.92. The van der Waals surface area contributed by atoms with Crippen molar-refractivity contribution in [3.05, 3.63) is 11.8 Å². The molecular weight excluding hydrogens is 312 g/mol. The van der Waals surface area contributed by atoms with Crippen molar-refractivity contribution >= 4 is 17.8 Å². The summed E-state index contributed by atoms with van der Waals surface area (Å²) in [6.07, 6.45) is 3.48. The van der Waals surface area contributed by atoms with Gasteiger partial charge < -0.3 is 20.6 Å². The van der Waals surface area contributed by atoms with E-state index >= 15 is 0 Å². The van der Waals surface area contributed by atoms with Gasteiger partial charge in [-0.2, -0.15) is 5.26 Å². The Morgan fingerprint density at radius 1 is 1.46 bits per heavy atom. The molecule has 1 aliphatic heterocycles. The molecule has 0 aromatic rings. The fourth-order valence-electron chi connectivity index (χ4n) is 2.37. The first-order valence-electron chi connectivity index (χ1n) is 8.02. The molecule has 1 aliphatic rings. The molecule has 0 bridgehead atoms. The summed E-state index contributed by atoms with van der Waals surface area (Å²) in [6.45, 7) is 5.28. The summed E-state index contributed by atoms with van der Waals surface area (Å²) in [6, 6.07) is 0.707. The molecule has 0 aliphatic carbocycles. The van der Waals surface area contributed by atoms with Gasteiger partial charge in [-0.3, -0.25) is 9.59 Å². The van der Waals surface area contributed by atoms with Crippen molar-refractivity contribution in [2.24, 2.45) is 5.92 Å². The van der Waals surface area contributed by atoms with E-state index in [9.17, 15) is 14.4 Å². The normalized spacial score (nSPS) is 16.0. The number of carbonyl (C=O) groups is 3. The lowest BCUT2D eigenvalue weighted by atomic mass is 10.0. The lowest BCUT2D eigenvalue weighted by Gasteiger charge is -2.17. The maximum Gasteiger partial charge on any atom is 0.326 e. The Hall–Kier alpha value is -2.56. The van der Waals surface area contributed by atoms with Gasteiger partial charge in [-0.1, -0.05) is 13.8 Å². The molecule has 24 heavy (non-hydrogen) atoms. The fourth-order valence-corrected chi connectivity index (χ4v) is 2.37. The Morgan fingerprint density at radius 3 is 2.67 bits per heavy atom. The van der Waals surface area contributed by atoms with Gasteiger partial charge in [0.15, 0.2) is 0 Å². The Balaban J connectivity index is 2.42. The molecule has 132 valence electrons. The number of carboxylic acid groups (broad SMARTS) is 1. The van der Waals surface area contributed by atoms with Gasteiger partial charge in [-0.25, -0.2) is 4.79 Å². The molecule has 1 heterocycles. The van der Waals surface area contributed by atoms with E-state index < -0.39 is 17.9 Å². The topological polar surface area (TPSA) is 123 Å². The summed E-state index contributed by atoms with van der Waals surface area (Å²) in [5.74, 6) is -1.99. The van der Waals surface area contributed by atoms with Gasteiger partial charge in [0.05, 0.1) is 0 Å². The van der Waals surface area contributed by atoms with Crippen LogP contribution in [-0.2, 0) is 14.4 Å². The van der Waals surface area contributed by atoms with Crippen molar-refractivity contribution < 1.29 is 19.5 Å². The highest BCUT2D eigenvalue weighted by molar-refractivity contribution is 5.99. The first kappa shape index (κ1) is 19.5. The Morgan fingerprint density at radius 2 is 2.17 bits per heavy atom. The van der Waals surface area contributed by atoms with Crippen LogP contribution in [0.3, 0.4) is 0 Å². The van der Waals surface area contributed by atoms with Crippen molar-refractivity contribution in [2.45, 2.75) is 39.2 Å². The summed E-state index contributed by atoms with van der Waals surface area (Å²) in [7, 11) is 0. The SMILES string of the molecule is CC(C)C(NC(=O)/C(C#N)=C\NCCCN1CCCC1=O)C(=O)O. The molecule has 8 nitrogen and oxygen atoms in total. The summed E-state index contributed by atoms with van der Waals surface area (Å²) in [5, 5.41) is 23.3. The number of hydrogen-bond acceptors (Lipinski definition) is 5. The van der Waals surface area contributed by atoms with Crippen molar-refractivity contribution in [3.63, 3.8) is 0 Å². The zero-order chi connectivity index (χ0) is 18.1. The van der Waals surface area contributed by atoms with Crippen molar-refractivity contribution in [1.29, 1.82) is 5.26 Å². The summed E-state index contributed by atoms with van der Waals surface area (Å²) in [4.78, 5) is 36.3. The highest BCUT2D eigenvalue weighted by Crippen LogP contribution is 2.09. The minimum atomic E-state index is -1.14. The zero-order valence-corrected chi connectivity index (χ0v) is 14.0. The van der Waals surface area contributed by atoms with Crippen LogP contribution in [0.15, 0.2) is 11.8 Å². The van der Waals surface area contributed by atoms with Crippen LogP contribution < -0.4 is 10.6 Å². The molecule has 1 unspecified atom stereocenters. The summed E-state index contributed by atoms with van der Waals surface area (Å²) >= 11 is 0. The molecular formula is C16H24N4O4. The van der Waals surface area contributed by atoms with Crippen LogP contribution in [0.1, 0.15) is 33.1 Å². The predicted octanol–water partition coefficient (Wildman–Crippen LogP) is 0.221. The number of rotatable bonds is 9. The number of aliphatic carboxylic acids is 1. The minimum absolute atomic E-state index is 0.163. The second-order valence-corrected chi connectivity index (χ2v) is 6.00. The standard InChI is InChI=1S/C16H24N4O4/c1-11(2)14(16(23)24)19-15(22)12(9-17)10-18-6-4-8-20-7-3-5-13(20)21/h10-11,14,18H,3-8H2,1-2H3,(H,19,22)(H,23,24)/b12-10-. The monoisotopic (exact) mass is 336 g/mol. The molecule has 0 aromatic heterocycles. The first-order chi connectivity index (χ1) is 11.4. The van der Waals surface area contributed by atoms with Crippen molar-refractivity contribution in [3.8, 4) is 6.07 Å². The van der Waals surface area contributed by atoms with Crippen LogP contribution >= 0.6 is 0 Å². The molecule has 0 spiro atoms. The number of hydrogen-bond donors (Lipinski definition) is 3. The summed E-state index contributed by atoms with van der Waals surface area (Å²) in [5.41, 5.74) is -0.181. The van der Waals surface area contributed by atoms with Crippen LogP contribution in [0.2, 0.25) is 0 Å². The van der Waals surface area contributed by atoms with Gasteiger partial charge in [-0.15, -0.1) is 0 Å². The number of carbonyl (C=O) groups excluding carboxylic acids is 2. The van der Waals surface area contributed by atoms with Gasteiger partial charge in [0.1, 0.15) is 17.7 Å². The number of likely N-dealkylation sites (tertiary alicyclic amines) is 1. The second-order valence-electron chi connectivity index (χ2n) is 6.00. The van der Waals surface area contributed by atoms with E-state index in [0.717, 1.165) is 13.0 Å². The number of nitrogens with zero attached hydrogens (tertiary/aromatic N) is 2. The number of carboxylic acids is 1. The van der Waals surface area contributed by atoms with Crippen LogP contribution in [0.5, 0.6) is 0 Å². The average molecular weight is 336 g/mol. The summed E-state index contributed by atoms with van der Waals surface area (Å²) < 4.78 is 0. The molecule has 1 saturated heterocycles. The van der Waals surface area contributed by atoms with Crippen LogP contribution in [0.25, 0.3) is 0 Å².